The number of carbonyl (C=O) groups is 2. The van der Waals surface area contributed by atoms with Gasteiger partial charge in [0.05, 0.1) is 12.6 Å². The molecule has 28 heavy (non-hydrogen) atoms. The Morgan fingerprint density at radius 3 is 2.61 bits per heavy atom. The van der Waals surface area contributed by atoms with Crippen molar-refractivity contribution in [2.24, 2.45) is 4.99 Å². The number of amides is 1. The largest absolute Gasteiger partial charge is 0.341 e. The molecule has 2 atom stereocenters. The number of aryl methyl sites for hydroxylation is 1. The lowest BCUT2D eigenvalue weighted by atomic mass is 9.74. The van der Waals surface area contributed by atoms with Crippen LogP contribution in [0.15, 0.2) is 64.7 Å². The predicted molar refractivity (Wildman–Crippen MR) is 106 cm³/mol. The molecule has 0 saturated carbocycles. The van der Waals surface area contributed by atoms with Crippen molar-refractivity contribution in [1.82, 2.24) is 5.32 Å². The molecule has 142 valence electrons. The molecule has 0 saturated heterocycles. The molecular weight excluding hydrogens is 355 g/mol. The number of hydrogen-bond acceptors (Lipinski definition) is 3. The second kappa shape index (κ2) is 7.15. The second-order valence-corrected chi connectivity index (χ2v) is 7.41. The van der Waals surface area contributed by atoms with E-state index in [1.807, 2.05) is 26.0 Å². The molecule has 0 spiro atoms. The number of nitrogens with zero attached hydrogens (tertiary/aromatic N) is 1. The van der Waals surface area contributed by atoms with Crippen molar-refractivity contribution in [2.45, 2.75) is 32.2 Å². The van der Waals surface area contributed by atoms with Crippen LogP contribution in [0.5, 0.6) is 0 Å². The van der Waals surface area contributed by atoms with E-state index in [0.717, 1.165) is 28.0 Å². The Morgan fingerprint density at radius 1 is 1.14 bits per heavy atom. The number of halogens is 1. The first-order valence-corrected chi connectivity index (χ1v) is 9.33. The number of aliphatic imine (C=N–C) groups is 1. The number of nitrogens with one attached hydrogen (secondary N) is 1. The Balaban J connectivity index is 1.73. The van der Waals surface area contributed by atoms with E-state index in [1.165, 1.54) is 12.1 Å². The summed E-state index contributed by atoms with van der Waals surface area (Å²) in [5.41, 5.74) is 5.17. The second-order valence-electron chi connectivity index (χ2n) is 7.41. The van der Waals surface area contributed by atoms with Crippen molar-refractivity contribution in [1.29, 1.82) is 0 Å². The molecule has 0 bridgehead atoms. The van der Waals surface area contributed by atoms with E-state index >= 15 is 0 Å². The molecular formula is C23H21FN2O2. The average Bonchev–Trinajstić information content (AvgIpc) is 3.03. The Morgan fingerprint density at radius 2 is 1.89 bits per heavy atom. The lowest BCUT2D eigenvalue weighted by molar-refractivity contribution is -0.121. The Bertz CT molecular complexity index is 1020. The zero-order valence-corrected chi connectivity index (χ0v) is 15.8. The average molecular weight is 376 g/mol. The summed E-state index contributed by atoms with van der Waals surface area (Å²) >= 11 is 0. The van der Waals surface area contributed by atoms with Crippen LogP contribution in [0.1, 0.15) is 40.7 Å². The highest BCUT2D eigenvalue weighted by molar-refractivity contribution is 6.08. The molecule has 1 N–H and O–H groups in total. The maximum absolute atomic E-state index is 13.5. The fourth-order valence-corrected chi connectivity index (χ4v) is 4.11. The first kappa shape index (κ1) is 18.3. The van der Waals surface area contributed by atoms with Crippen molar-refractivity contribution in [2.75, 3.05) is 6.54 Å². The topological polar surface area (TPSA) is 58.5 Å². The van der Waals surface area contributed by atoms with Crippen molar-refractivity contribution in [3.05, 3.63) is 82.2 Å². The zero-order chi connectivity index (χ0) is 19.8. The van der Waals surface area contributed by atoms with Gasteiger partial charge in [-0.05, 0) is 54.8 Å². The van der Waals surface area contributed by atoms with Gasteiger partial charge in [-0.25, -0.2) is 4.39 Å². The molecule has 5 heteroatoms. The van der Waals surface area contributed by atoms with Crippen LogP contribution in [0.2, 0.25) is 0 Å². The van der Waals surface area contributed by atoms with E-state index in [0.29, 0.717) is 12.1 Å². The molecule has 0 unspecified atom stereocenters. The van der Waals surface area contributed by atoms with Crippen LogP contribution in [-0.4, -0.2) is 30.0 Å². The van der Waals surface area contributed by atoms with Crippen LogP contribution < -0.4 is 5.32 Å². The molecule has 0 fully saturated rings. The van der Waals surface area contributed by atoms with E-state index in [-0.39, 0.29) is 29.8 Å². The van der Waals surface area contributed by atoms with Gasteiger partial charge >= 0.3 is 0 Å². The maximum atomic E-state index is 13.5. The van der Waals surface area contributed by atoms with Gasteiger partial charge in [-0.3, -0.25) is 14.6 Å². The third-order valence-electron chi connectivity index (χ3n) is 5.45. The molecule has 1 heterocycles. The van der Waals surface area contributed by atoms with Crippen molar-refractivity contribution < 1.29 is 14.0 Å². The van der Waals surface area contributed by atoms with Gasteiger partial charge < -0.3 is 5.32 Å². The van der Waals surface area contributed by atoms with Crippen LogP contribution in [0.4, 0.5) is 4.39 Å². The normalized spacial score (nSPS) is 21.4. The van der Waals surface area contributed by atoms with E-state index in [1.54, 1.807) is 24.3 Å². The first-order chi connectivity index (χ1) is 13.4. The van der Waals surface area contributed by atoms with E-state index < -0.39 is 6.04 Å². The summed E-state index contributed by atoms with van der Waals surface area (Å²) < 4.78 is 13.5. The molecule has 2 aromatic carbocycles. The highest BCUT2D eigenvalue weighted by atomic mass is 19.1. The smallest absolute Gasteiger partial charge is 0.251 e. The Labute approximate surface area is 163 Å². The fraction of sp³-hybridized carbons (Fsp3) is 0.261. The summed E-state index contributed by atoms with van der Waals surface area (Å²) in [6.07, 6.45) is 0.284. The SMILES string of the molecule is CC1=NCC2=C1[C@H](c1ccc(F)cc1)[C@H](NC(=O)c1cccc(C)c1)C(=O)C2. The summed E-state index contributed by atoms with van der Waals surface area (Å²) in [5, 5.41) is 2.94. The summed E-state index contributed by atoms with van der Waals surface area (Å²) in [6, 6.07) is 12.7. The van der Waals surface area contributed by atoms with E-state index in [4.69, 9.17) is 0 Å². The number of ketones is 1. The summed E-state index contributed by atoms with van der Waals surface area (Å²) in [7, 11) is 0. The lowest BCUT2D eigenvalue weighted by Gasteiger charge is -2.33. The zero-order valence-electron chi connectivity index (χ0n) is 15.8. The lowest BCUT2D eigenvalue weighted by Crippen LogP contribution is -2.48. The van der Waals surface area contributed by atoms with Crippen LogP contribution in [0.3, 0.4) is 0 Å². The molecule has 4 rings (SSSR count). The monoisotopic (exact) mass is 376 g/mol. The fourth-order valence-electron chi connectivity index (χ4n) is 4.11. The van der Waals surface area contributed by atoms with Crippen LogP contribution >= 0.6 is 0 Å². The molecule has 2 aromatic rings. The van der Waals surface area contributed by atoms with Crippen molar-refractivity contribution >= 4 is 17.4 Å². The van der Waals surface area contributed by atoms with E-state index in [9.17, 15) is 14.0 Å². The Kier molecular flexibility index (Phi) is 4.67. The van der Waals surface area contributed by atoms with Crippen molar-refractivity contribution in [3.63, 3.8) is 0 Å². The molecule has 0 aromatic heterocycles. The van der Waals surface area contributed by atoms with Gasteiger partial charge in [-0.15, -0.1) is 0 Å². The van der Waals surface area contributed by atoms with Gasteiger partial charge in [0.15, 0.2) is 5.78 Å². The molecule has 1 aliphatic carbocycles. The highest BCUT2D eigenvalue weighted by Crippen LogP contribution is 2.40. The van der Waals surface area contributed by atoms with E-state index in [2.05, 4.69) is 10.3 Å². The Hall–Kier alpha value is -3.08. The quantitative estimate of drug-likeness (QED) is 0.887. The summed E-state index contributed by atoms with van der Waals surface area (Å²) in [6.45, 7) is 4.36. The molecule has 0 radical (unpaired) electrons. The highest BCUT2D eigenvalue weighted by Gasteiger charge is 2.41. The number of rotatable bonds is 3. The number of hydrogen-bond donors (Lipinski definition) is 1. The third-order valence-corrected chi connectivity index (χ3v) is 5.45. The van der Waals surface area contributed by atoms with Crippen molar-refractivity contribution in [3.8, 4) is 0 Å². The van der Waals surface area contributed by atoms with Gasteiger partial charge in [-0.1, -0.05) is 29.8 Å². The molecule has 1 aliphatic heterocycles. The minimum absolute atomic E-state index is 0.0426. The predicted octanol–water partition coefficient (Wildman–Crippen LogP) is 3.76. The van der Waals surface area contributed by atoms with Gasteiger partial charge in [-0.2, -0.15) is 0 Å². The summed E-state index contributed by atoms with van der Waals surface area (Å²) in [5.74, 6) is -1.03. The van der Waals surface area contributed by atoms with Crippen LogP contribution in [0.25, 0.3) is 0 Å². The maximum Gasteiger partial charge on any atom is 0.251 e. The first-order valence-electron chi connectivity index (χ1n) is 9.33. The summed E-state index contributed by atoms with van der Waals surface area (Å²) in [4.78, 5) is 30.3. The number of carbonyl (C=O) groups excluding carboxylic acids is 2. The molecule has 1 amide bonds. The minimum Gasteiger partial charge on any atom is -0.341 e. The third kappa shape index (κ3) is 3.28. The van der Waals surface area contributed by atoms with Gasteiger partial charge in [0.25, 0.3) is 5.91 Å². The standard InChI is InChI=1S/C23H21FN2O2/c1-13-4-3-5-16(10-13)23(28)26-22-19(27)11-17-12-25-14(2)20(17)21(22)15-6-8-18(24)9-7-15/h3-10,21-22H,11-12H2,1-2H3,(H,26,28)/t21-,22+/m0/s1. The molecule has 2 aliphatic rings. The number of Topliss-reactive ketones (excluding diaryl/α,β-unsaturated/α-hetero) is 1. The van der Waals surface area contributed by atoms with Crippen LogP contribution in [-0.2, 0) is 4.79 Å². The minimum atomic E-state index is -0.708. The number of benzene rings is 2. The van der Waals surface area contributed by atoms with Gasteiger partial charge in [0, 0.05) is 23.6 Å². The van der Waals surface area contributed by atoms with Gasteiger partial charge in [0.2, 0.25) is 0 Å². The van der Waals surface area contributed by atoms with Gasteiger partial charge in [0.1, 0.15) is 5.82 Å². The molecule has 4 nitrogen and oxygen atoms in total. The van der Waals surface area contributed by atoms with Crippen LogP contribution in [0, 0.1) is 12.7 Å².